The maximum absolute atomic E-state index is 14.9. The second kappa shape index (κ2) is 10.3. The molecule has 2 aromatic carbocycles. The van der Waals surface area contributed by atoms with Crippen molar-refractivity contribution in [1.82, 2.24) is 10.3 Å². The third-order valence-electron chi connectivity index (χ3n) is 7.40. The van der Waals surface area contributed by atoms with Crippen LogP contribution < -0.4 is 25.4 Å². The highest BCUT2D eigenvalue weighted by atomic mass is 32.1. The molecule has 0 atom stereocenters. The molecule has 3 aromatic rings. The van der Waals surface area contributed by atoms with Gasteiger partial charge in [-0.25, -0.2) is 4.39 Å². The topological polar surface area (TPSA) is 84.5 Å². The van der Waals surface area contributed by atoms with E-state index in [1.54, 1.807) is 38.6 Å². The molecule has 2 aliphatic carbocycles. The first-order valence-electron chi connectivity index (χ1n) is 12.2. The van der Waals surface area contributed by atoms with Gasteiger partial charge < -0.3 is 25.4 Å². The Kier molecular flexibility index (Phi) is 6.91. The third kappa shape index (κ3) is 4.93. The molecule has 2 saturated carbocycles. The van der Waals surface area contributed by atoms with Gasteiger partial charge in [-0.1, -0.05) is 0 Å². The SMILES string of the molecule is CNc1cc2c(Oc3ccc(NC(=S)NC(=O)CC4C5CCC4CC5)cc3F)ccnc2cc1OC. The zero-order chi connectivity index (χ0) is 25.2. The summed E-state index contributed by atoms with van der Waals surface area (Å²) in [5.74, 6) is 2.33. The number of hydrogen-bond acceptors (Lipinski definition) is 6. The minimum atomic E-state index is -0.566. The Morgan fingerprint density at radius 3 is 2.50 bits per heavy atom. The number of nitrogens with one attached hydrogen (secondary N) is 3. The van der Waals surface area contributed by atoms with Gasteiger partial charge in [-0.3, -0.25) is 9.78 Å². The number of hydrogen-bond donors (Lipinski definition) is 3. The van der Waals surface area contributed by atoms with Crippen LogP contribution in [0.2, 0.25) is 0 Å². The van der Waals surface area contributed by atoms with E-state index in [1.807, 2.05) is 6.07 Å². The van der Waals surface area contributed by atoms with Gasteiger partial charge in [0.2, 0.25) is 5.91 Å². The lowest BCUT2D eigenvalue weighted by Crippen LogP contribution is -2.35. The molecule has 0 spiro atoms. The summed E-state index contributed by atoms with van der Waals surface area (Å²) in [7, 11) is 3.38. The van der Waals surface area contributed by atoms with Crippen LogP contribution in [0.3, 0.4) is 0 Å². The smallest absolute Gasteiger partial charge is 0.226 e. The maximum atomic E-state index is 14.9. The molecule has 0 aliphatic heterocycles. The number of aromatic nitrogens is 1. The molecular weight excluding hydrogens is 479 g/mol. The standard InChI is InChI=1S/C27H29FN4O3S/c1-29-22-12-19-21(14-25(22)34-2)30-10-9-23(19)35-24-8-7-17(11-20(24)28)31-27(36)32-26(33)13-18-15-3-4-16(18)6-5-15/h7-12,14-16,18,29H,3-6,13H2,1-2H3,(H2,31,32,33,36). The predicted octanol–water partition coefficient (Wildman–Crippen LogP) is 5.86. The Morgan fingerprint density at radius 2 is 1.83 bits per heavy atom. The van der Waals surface area contributed by atoms with Crippen LogP contribution in [0, 0.1) is 23.6 Å². The Hall–Kier alpha value is -3.46. The van der Waals surface area contributed by atoms with Crippen LogP contribution in [-0.4, -0.2) is 30.2 Å². The molecule has 0 radical (unpaired) electrons. The lowest BCUT2D eigenvalue weighted by atomic mass is 9.94. The number of carbonyl (C=O) groups is 1. The van der Waals surface area contributed by atoms with Gasteiger partial charge in [0.05, 0.1) is 18.3 Å². The van der Waals surface area contributed by atoms with Gasteiger partial charge in [0.15, 0.2) is 16.7 Å². The second-order valence-corrected chi connectivity index (χ2v) is 9.83. The number of carbonyl (C=O) groups excluding carboxylic acids is 1. The van der Waals surface area contributed by atoms with Gasteiger partial charge in [-0.15, -0.1) is 0 Å². The van der Waals surface area contributed by atoms with Gasteiger partial charge in [0, 0.05) is 42.9 Å². The molecule has 7 nitrogen and oxygen atoms in total. The number of methoxy groups -OCH3 is 1. The van der Waals surface area contributed by atoms with E-state index in [1.165, 1.54) is 37.8 Å². The van der Waals surface area contributed by atoms with E-state index < -0.39 is 5.82 Å². The number of thiocarbonyl (C=S) groups is 1. The molecule has 0 unspecified atom stereocenters. The summed E-state index contributed by atoms with van der Waals surface area (Å²) in [5.41, 5.74) is 1.85. The van der Waals surface area contributed by atoms with Crippen LogP contribution in [0.15, 0.2) is 42.6 Å². The first kappa shape index (κ1) is 24.2. The molecule has 9 heteroatoms. The van der Waals surface area contributed by atoms with E-state index >= 15 is 0 Å². The van der Waals surface area contributed by atoms with Crippen molar-refractivity contribution in [1.29, 1.82) is 0 Å². The number of nitrogens with zero attached hydrogens (tertiary/aromatic N) is 1. The van der Waals surface area contributed by atoms with Crippen LogP contribution in [0.1, 0.15) is 32.1 Å². The zero-order valence-electron chi connectivity index (χ0n) is 20.3. The molecule has 3 N–H and O–H groups in total. The Labute approximate surface area is 214 Å². The fourth-order valence-corrected chi connectivity index (χ4v) is 5.89. The summed E-state index contributed by atoms with van der Waals surface area (Å²) >= 11 is 5.29. The fourth-order valence-electron chi connectivity index (χ4n) is 5.65. The number of fused-ring (bicyclic) bond motifs is 3. The van der Waals surface area contributed by atoms with Gasteiger partial charge in [0.25, 0.3) is 0 Å². The highest BCUT2D eigenvalue weighted by Crippen LogP contribution is 2.50. The van der Waals surface area contributed by atoms with Crippen LogP contribution in [0.25, 0.3) is 10.9 Å². The van der Waals surface area contributed by atoms with Crippen LogP contribution >= 0.6 is 12.2 Å². The normalized spacial score (nSPS) is 20.2. The number of rotatable bonds is 7. The van der Waals surface area contributed by atoms with E-state index in [9.17, 15) is 9.18 Å². The molecule has 36 heavy (non-hydrogen) atoms. The minimum absolute atomic E-state index is 0.0570. The van der Waals surface area contributed by atoms with Gasteiger partial charge in [-0.2, -0.15) is 0 Å². The van der Waals surface area contributed by atoms with Gasteiger partial charge in [-0.05, 0) is 79.9 Å². The van der Waals surface area contributed by atoms with E-state index in [0.717, 1.165) is 5.69 Å². The summed E-state index contributed by atoms with van der Waals surface area (Å²) in [4.78, 5) is 16.8. The van der Waals surface area contributed by atoms with Gasteiger partial charge >= 0.3 is 0 Å². The summed E-state index contributed by atoms with van der Waals surface area (Å²) in [6, 6.07) is 9.79. The highest BCUT2D eigenvalue weighted by Gasteiger charge is 2.42. The van der Waals surface area contributed by atoms with E-state index in [4.69, 9.17) is 21.7 Å². The van der Waals surface area contributed by atoms with Crippen molar-refractivity contribution in [2.45, 2.75) is 32.1 Å². The van der Waals surface area contributed by atoms with E-state index in [0.29, 0.717) is 52.3 Å². The lowest BCUT2D eigenvalue weighted by Gasteiger charge is -2.16. The number of ether oxygens (including phenoxy) is 2. The van der Waals surface area contributed by atoms with Crippen molar-refractivity contribution in [3.05, 3.63) is 48.4 Å². The van der Waals surface area contributed by atoms with Crippen molar-refractivity contribution in [3.8, 4) is 17.2 Å². The largest absolute Gasteiger partial charge is 0.495 e. The van der Waals surface area contributed by atoms with Crippen molar-refractivity contribution in [2.24, 2.45) is 17.8 Å². The monoisotopic (exact) mass is 508 g/mol. The molecule has 2 bridgehead atoms. The Balaban J connectivity index is 1.24. The minimum Gasteiger partial charge on any atom is -0.495 e. The molecule has 2 fully saturated rings. The molecule has 1 heterocycles. The first-order valence-corrected chi connectivity index (χ1v) is 12.6. The van der Waals surface area contributed by atoms with Crippen molar-refractivity contribution in [2.75, 3.05) is 24.8 Å². The average Bonchev–Trinajstić information content (AvgIpc) is 3.43. The summed E-state index contributed by atoms with van der Waals surface area (Å²) in [6.07, 6.45) is 7.04. The van der Waals surface area contributed by atoms with Gasteiger partial charge in [0.1, 0.15) is 11.5 Å². The number of pyridine rings is 1. The second-order valence-electron chi connectivity index (χ2n) is 9.42. The molecule has 2 aliphatic rings. The summed E-state index contributed by atoms with van der Waals surface area (Å²) in [6.45, 7) is 0. The highest BCUT2D eigenvalue weighted by molar-refractivity contribution is 7.80. The van der Waals surface area contributed by atoms with E-state index in [-0.39, 0.29) is 16.8 Å². The Bertz CT molecular complexity index is 1300. The van der Waals surface area contributed by atoms with Crippen molar-refractivity contribution < 1.29 is 18.7 Å². The summed E-state index contributed by atoms with van der Waals surface area (Å²) in [5, 5.41) is 9.59. The molecule has 0 saturated heterocycles. The molecule has 188 valence electrons. The number of benzene rings is 2. The molecular formula is C27H29FN4O3S. The van der Waals surface area contributed by atoms with Crippen molar-refractivity contribution in [3.63, 3.8) is 0 Å². The number of halogens is 1. The molecule has 5 rings (SSSR count). The zero-order valence-corrected chi connectivity index (χ0v) is 21.1. The van der Waals surface area contributed by atoms with Crippen LogP contribution in [-0.2, 0) is 4.79 Å². The average molecular weight is 509 g/mol. The van der Waals surface area contributed by atoms with E-state index in [2.05, 4.69) is 20.9 Å². The lowest BCUT2D eigenvalue weighted by molar-refractivity contribution is -0.120. The first-order chi connectivity index (χ1) is 17.4. The number of amides is 1. The van der Waals surface area contributed by atoms with Crippen LogP contribution in [0.5, 0.6) is 17.2 Å². The van der Waals surface area contributed by atoms with Crippen LogP contribution in [0.4, 0.5) is 15.8 Å². The summed E-state index contributed by atoms with van der Waals surface area (Å²) < 4.78 is 26.2. The predicted molar refractivity (Wildman–Crippen MR) is 142 cm³/mol. The number of anilines is 2. The Morgan fingerprint density at radius 1 is 1.08 bits per heavy atom. The molecule has 1 amide bonds. The third-order valence-corrected chi connectivity index (χ3v) is 7.61. The maximum Gasteiger partial charge on any atom is 0.226 e. The fraction of sp³-hybridized carbons (Fsp3) is 0.370. The quantitative estimate of drug-likeness (QED) is 0.345. The van der Waals surface area contributed by atoms with Crippen molar-refractivity contribution >= 4 is 45.5 Å². The molecule has 1 aromatic heterocycles.